The van der Waals surface area contributed by atoms with Gasteiger partial charge in [-0.1, -0.05) is 36.4 Å². The largest absolute Gasteiger partial charge is 0.493 e. The lowest BCUT2D eigenvalue weighted by Crippen LogP contribution is -2.37. The number of hydrogen-bond donors (Lipinski definition) is 1. The van der Waals surface area contributed by atoms with Crippen LogP contribution in [0.25, 0.3) is 10.8 Å². The topological polar surface area (TPSA) is 55.6 Å². The molecule has 0 spiro atoms. The standard InChI is InChI=1S/C14H13F3N2O2/c15-14(16,17)13(20)21-19(9-8-18)12-7-3-5-10-4-1-2-6-11(10)12/h1-7H,8-9,18H2. The van der Waals surface area contributed by atoms with E-state index in [1.54, 1.807) is 30.3 Å². The summed E-state index contributed by atoms with van der Waals surface area (Å²) in [6.07, 6.45) is -5.06. The lowest BCUT2D eigenvalue weighted by molar-refractivity contribution is -0.201. The van der Waals surface area contributed by atoms with Crippen LogP contribution < -0.4 is 10.8 Å². The Hall–Kier alpha value is -2.28. The molecule has 0 saturated heterocycles. The van der Waals surface area contributed by atoms with Gasteiger partial charge < -0.3 is 10.6 Å². The minimum absolute atomic E-state index is 0.0361. The molecule has 0 aliphatic rings. The Balaban J connectivity index is 2.39. The van der Waals surface area contributed by atoms with Gasteiger partial charge in [0.2, 0.25) is 0 Å². The lowest BCUT2D eigenvalue weighted by atomic mass is 10.1. The quantitative estimate of drug-likeness (QED) is 0.882. The Morgan fingerprint density at radius 1 is 1.14 bits per heavy atom. The molecule has 2 aromatic rings. The molecule has 7 heteroatoms. The maximum atomic E-state index is 12.3. The van der Waals surface area contributed by atoms with E-state index in [1.165, 1.54) is 0 Å². The van der Waals surface area contributed by atoms with Crippen molar-refractivity contribution in [3.8, 4) is 0 Å². The van der Waals surface area contributed by atoms with Crippen molar-refractivity contribution in [2.75, 3.05) is 18.2 Å². The zero-order valence-electron chi connectivity index (χ0n) is 10.9. The van der Waals surface area contributed by atoms with Crippen molar-refractivity contribution in [1.29, 1.82) is 0 Å². The van der Waals surface area contributed by atoms with Crippen molar-refractivity contribution in [2.24, 2.45) is 5.73 Å². The number of hydroxylamine groups is 1. The summed E-state index contributed by atoms with van der Waals surface area (Å²) in [5.74, 6) is -2.27. The number of fused-ring (bicyclic) bond motifs is 1. The van der Waals surface area contributed by atoms with Gasteiger partial charge in [0, 0.05) is 11.9 Å². The smallest absolute Gasteiger partial charge is 0.332 e. The molecule has 0 saturated carbocycles. The van der Waals surface area contributed by atoms with Crippen molar-refractivity contribution in [3.63, 3.8) is 0 Å². The fraction of sp³-hybridized carbons (Fsp3) is 0.214. The molecule has 112 valence electrons. The molecule has 2 N–H and O–H groups in total. The molecule has 0 amide bonds. The Morgan fingerprint density at radius 3 is 2.48 bits per heavy atom. The summed E-state index contributed by atoms with van der Waals surface area (Å²) < 4.78 is 37.0. The number of anilines is 1. The summed E-state index contributed by atoms with van der Waals surface area (Å²) in [5.41, 5.74) is 5.74. The van der Waals surface area contributed by atoms with E-state index in [9.17, 15) is 18.0 Å². The van der Waals surface area contributed by atoms with Crippen molar-refractivity contribution >= 4 is 22.4 Å². The average Bonchev–Trinajstić information content (AvgIpc) is 2.45. The first-order chi connectivity index (χ1) is 9.93. The number of nitrogens with two attached hydrogens (primary N) is 1. The number of rotatable bonds is 4. The van der Waals surface area contributed by atoms with Crippen LogP contribution in [0.15, 0.2) is 42.5 Å². The van der Waals surface area contributed by atoms with Crippen LogP contribution in [0, 0.1) is 0 Å². The van der Waals surface area contributed by atoms with E-state index < -0.39 is 12.1 Å². The fourth-order valence-electron chi connectivity index (χ4n) is 1.91. The van der Waals surface area contributed by atoms with Crippen molar-refractivity contribution in [1.82, 2.24) is 0 Å². The molecular formula is C14H13F3N2O2. The number of benzene rings is 2. The van der Waals surface area contributed by atoms with Crippen LogP contribution in [0.1, 0.15) is 0 Å². The molecule has 0 aliphatic heterocycles. The van der Waals surface area contributed by atoms with Gasteiger partial charge in [0.25, 0.3) is 0 Å². The second kappa shape index (κ2) is 6.01. The third kappa shape index (κ3) is 3.43. The van der Waals surface area contributed by atoms with Gasteiger partial charge in [-0.25, -0.2) is 9.86 Å². The van der Waals surface area contributed by atoms with Crippen molar-refractivity contribution in [3.05, 3.63) is 42.5 Å². The van der Waals surface area contributed by atoms with E-state index in [0.29, 0.717) is 11.1 Å². The van der Waals surface area contributed by atoms with E-state index in [-0.39, 0.29) is 13.1 Å². The Labute approximate surface area is 118 Å². The number of hydrogen-bond acceptors (Lipinski definition) is 4. The molecule has 0 atom stereocenters. The van der Waals surface area contributed by atoms with E-state index in [2.05, 4.69) is 4.84 Å². The average molecular weight is 298 g/mol. The van der Waals surface area contributed by atoms with Crippen LogP contribution in [0.3, 0.4) is 0 Å². The maximum absolute atomic E-state index is 12.3. The molecule has 4 nitrogen and oxygen atoms in total. The molecule has 21 heavy (non-hydrogen) atoms. The molecule has 0 unspecified atom stereocenters. The highest BCUT2D eigenvalue weighted by molar-refractivity contribution is 5.94. The minimum Gasteiger partial charge on any atom is -0.332 e. The third-order valence-corrected chi connectivity index (χ3v) is 2.79. The first kappa shape index (κ1) is 15.1. The second-order valence-electron chi connectivity index (χ2n) is 4.27. The maximum Gasteiger partial charge on any atom is 0.493 e. The molecule has 0 fully saturated rings. The van der Waals surface area contributed by atoms with Crippen LogP contribution in [0.2, 0.25) is 0 Å². The summed E-state index contributed by atoms with van der Waals surface area (Å²) in [6, 6.07) is 12.1. The van der Waals surface area contributed by atoms with E-state index >= 15 is 0 Å². The minimum atomic E-state index is -5.06. The van der Waals surface area contributed by atoms with Crippen molar-refractivity contribution in [2.45, 2.75) is 6.18 Å². The Bertz CT molecular complexity index is 638. The summed E-state index contributed by atoms with van der Waals surface area (Å²) in [5, 5.41) is 2.36. The van der Waals surface area contributed by atoms with Crippen LogP contribution >= 0.6 is 0 Å². The number of carbonyl (C=O) groups is 1. The Morgan fingerprint density at radius 2 is 1.81 bits per heavy atom. The number of alkyl halides is 3. The van der Waals surface area contributed by atoms with E-state index in [0.717, 1.165) is 10.4 Å². The third-order valence-electron chi connectivity index (χ3n) is 2.79. The van der Waals surface area contributed by atoms with Gasteiger partial charge in [-0.05, 0) is 11.5 Å². The summed E-state index contributed by atoms with van der Waals surface area (Å²) >= 11 is 0. The normalized spacial score (nSPS) is 11.4. The number of nitrogens with zero attached hydrogens (tertiary/aromatic N) is 1. The molecule has 2 aromatic carbocycles. The molecule has 0 aliphatic carbocycles. The number of halogens is 3. The van der Waals surface area contributed by atoms with Crippen LogP contribution in [0.4, 0.5) is 18.9 Å². The van der Waals surface area contributed by atoms with Gasteiger partial charge in [0.1, 0.15) is 0 Å². The number of carbonyl (C=O) groups excluding carboxylic acids is 1. The fourth-order valence-corrected chi connectivity index (χ4v) is 1.91. The van der Waals surface area contributed by atoms with Crippen molar-refractivity contribution < 1.29 is 22.8 Å². The predicted octanol–water partition coefficient (Wildman–Crippen LogP) is 2.63. The summed E-state index contributed by atoms with van der Waals surface area (Å²) in [7, 11) is 0. The Kier molecular flexibility index (Phi) is 4.32. The van der Waals surface area contributed by atoms with E-state index in [4.69, 9.17) is 5.73 Å². The molecule has 0 aromatic heterocycles. The molecular weight excluding hydrogens is 285 g/mol. The lowest BCUT2D eigenvalue weighted by Gasteiger charge is -2.24. The predicted molar refractivity (Wildman–Crippen MR) is 72.5 cm³/mol. The van der Waals surface area contributed by atoms with Gasteiger partial charge in [-0.15, -0.1) is 0 Å². The highest BCUT2D eigenvalue weighted by atomic mass is 19.4. The van der Waals surface area contributed by atoms with Gasteiger partial charge >= 0.3 is 12.1 Å². The summed E-state index contributed by atoms with van der Waals surface area (Å²) in [6.45, 7) is -0.00974. The zero-order valence-corrected chi connectivity index (χ0v) is 10.9. The monoisotopic (exact) mass is 298 g/mol. The SMILES string of the molecule is NCCN(OC(=O)C(F)(F)F)c1cccc2ccccc12. The first-order valence-corrected chi connectivity index (χ1v) is 6.18. The zero-order chi connectivity index (χ0) is 15.5. The van der Waals surface area contributed by atoms with Gasteiger partial charge in [-0.3, -0.25) is 0 Å². The molecule has 0 heterocycles. The van der Waals surface area contributed by atoms with E-state index in [1.807, 2.05) is 12.1 Å². The van der Waals surface area contributed by atoms with Crippen LogP contribution in [-0.2, 0) is 9.63 Å². The molecule has 0 radical (unpaired) electrons. The highest BCUT2D eigenvalue weighted by Crippen LogP contribution is 2.28. The van der Waals surface area contributed by atoms with Gasteiger partial charge in [0.05, 0.1) is 12.2 Å². The van der Waals surface area contributed by atoms with Gasteiger partial charge in [-0.2, -0.15) is 13.2 Å². The van der Waals surface area contributed by atoms with Gasteiger partial charge in [0.15, 0.2) is 0 Å². The van der Waals surface area contributed by atoms with Crippen LogP contribution in [-0.4, -0.2) is 25.2 Å². The first-order valence-electron chi connectivity index (χ1n) is 6.18. The molecule has 2 rings (SSSR count). The highest BCUT2D eigenvalue weighted by Gasteiger charge is 2.42. The molecule has 0 bridgehead atoms. The second-order valence-corrected chi connectivity index (χ2v) is 4.27. The van der Waals surface area contributed by atoms with Crippen LogP contribution in [0.5, 0.6) is 0 Å². The summed E-state index contributed by atoms with van der Waals surface area (Å²) in [4.78, 5) is 15.5.